The van der Waals surface area contributed by atoms with Crippen LogP contribution in [0.3, 0.4) is 0 Å². The van der Waals surface area contributed by atoms with Gasteiger partial charge in [-0.15, -0.1) is 35.3 Å². The van der Waals surface area contributed by atoms with Crippen LogP contribution in [0.25, 0.3) is 0 Å². The van der Waals surface area contributed by atoms with Crippen LogP contribution < -0.4 is 5.32 Å². The van der Waals surface area contributed by atoms with Gasteiger partial charge in [-0.3, -0.25) is 9.89 Å². The summed E-state index contributed by atoms with van der Waals surface area (Å²) < 4.78 is 5.53. The van der Waals surface area contributed by atoms with Crippen LogP contribution in [0.1, 0.15) is 16.5 Å². The first-order valence-electron chi connectivity index (χ1n) is 9.19. The lowest BCUT2D eigenvalue weighted by Crippen LogP contribution is -2.46. The van der Waals surface area contributed by atoms with Gasteiger partial charge in [0.15, 0.2) is 5.96 Å². The molecule has 1 atom stereocenters. The van der Waals surface area contributed by atoms with Gasteiger partial charge in [0.2, 0.25) is 0 Å². The largest absolute Gasteiger partial charge is 0.379 e. The number of ether oxygens (including phenoxy) is 1. The molecule has 1 aromatic carbocycles. The molecule has 2 aromatic rings. The molecule has 3 rings (SSSR count). The lowest BCUT2D eigenvalue weighted by Gasteiger charge is -2.35. The number of hydrogen-bond acceptors (Lipinski definition) is 4. The number of rotatable bonds is 6. The molecule has 0 spiro atoms. The van der Waals surface area contributed by atoms with E-state index in [-0.39, 0.29) is 24.0 Å². The molecule has 154 valence electrons. The maximum Gasteiger partial charge on any atom is 0.193 e. The third-order valence-corrected chi connectivity index (χ3v) is 5.94. The second kappa shape index (κ2) is 12.0. The van der Waals surface area contributed by atoms with Crippen molar-refractivity contribution in [3.63, 3.8) is 0 Å². The Morgan fingerprint density at radius 3 is 2.61 bits per heavy atom. The van der Waals surface area contributed by atoms with Gasteiger partial charge in [0.05, 0.1) is 19.3 Å². The first kappa shape index (κ1) is 23.4. The number of nitrogens with one attached hydrogen (secondary N) is 1. The van der Waals surface area contributed by atoms with Crippen LogP contribution in [-0.4, -0.2) is 62.7 Å². The number of benzene rings is 1. The molecule has 1 fully saturated rings. The number of nitrogens with zero attached hydrogens (tertiary/aromatic N) is 3. The van der Waals surface area contributed by atoms with E-state index in [1.165, 1.54) is 10.4 Å². The van der Waals surface area contributed by atoms with Crippen LogP contribution in [0.5, 0.6) is 0 Å². The molecular weight excluding hydrogens is 507 g/mol. The highest BCUT2D eigenvalue weighted by Gasteiger charge is 2.24. The molecule has 28 heavy (non-hydrogen) atoms. The second-order valence-electron chi connectivity index (χ2n) is 6.59. The summed E-state index contributed by atoms with van der Waals surface area (Å²) in [5.74, 6) is 0.889. The Morgan fingerprint density at radius 2 is 2.00 bits per heavy atom. The van der Waals surface area contributed by atoms with E-state index >= 15 is 0 Å². The molecule has 1 aromatic heterocycles. The molecule has 5 nitrogen and oxygen atoms in total. The number of guanidine groups is 1. The number of aliphatic imine (C=N–C) groups is 1. The summed E-state index contributed by atoms with van der Waals surface area (Å²) in [6, 6.07) is 12.6. The maximum atomic E-state index is 5.98. The lowest BCUT2D eigenvalue weighted by molar-refractivity contribution is 0.0176. The smallest absolute Gasteiger partial charge is 0.193 e. The van der Waals surface area contributed by atoms with Crippen LogP contribution in [0, 0.1) is 0 Å². The molecule has 0 amide bonds. The summed E-state index contributed by atoms with van der Waals surface area (Å²) in [6.45, 7) is 5.11. The monoisotopic (exact) mass is 534 g/mol. The zero-order valence-corrected chi connectivity index (χ0v) is 20.2. The molecule has 1 N–H and O–H groups in total. The standard InChI is InChI=1S/C20H27ClN4OS.HI/c1-22-20(24(2)15-16-5-7-17(21)8-6-16)23-14-18(19-4-3-13-27-19)25-9-11-26-12-10-25;/h3-8,13,18H,9-12,14-15H2,1-2H3,(H,22,23);1H. The first-order valence-corrected chi connectivity index (χ1v) is 10.4. The Hall–Kier alpha value is -0.870. The summed E-state index contributed by atoms with van der Waals surface area (Å²) in [7, 11) is 3.88. The van der Waals surface area contributed by atoms with Gasteiger partial charge < -0.3 is 15.0 Å². The molecule has 1 saturated heterocycles. The van der Waals surface area contributed by atoms with Crippen LogP contribution >= 0.6 is 46.9 Å². The number of halogens is 2. The molecule has 1 aliphatic rings. The molecule has 1 aliphatic heterocycles. The molecule has 2 heterocycles. The van der Waals surface area contributed by atoms with E-state index in [9.17, 15) is 0 Å². The van der Waals surface area contributed by atoms with Gasteiger partial charge in [0.25, 0.3) is 0 Å². The predicted molar refractivity (Wildman–Crippen MR) is 129 cm³/mol. The topological polar surface area (TPSA) is 40.1 Å². The lowest BCUT2D eigenvalue weighted by atomic mass is 10.2. The first-order chi connectivity index (χ1) is 13.2. The number of thiophene rings is 1. The van der Waals surface area contributed by atoms with Crippen LogP contribution in [0.15, 0.2) is 46.8 Å². The normalized spacial score (nSPS) is 16.3. The summed E-state index contributed by atoms with van der Waals surface area (Å²) in [5, 5.41) is 6.46. The van der Waals surface area contributed by atoms with Crippen molar-refractivity contribution in [1.82, 2.24) is 15.1 Å². The second-order valence-corrected chi connectivity index (χ2v) is 8.01. The Bertz CT molecular complexity index is 720. The van der Waals surface area contributed by atoms with Crippen molar-refractivity contribution in [2.45, 2.75) is 12.6 Å². The van der Waals surface area contributed by atoms with E-state index < -0.39 is 0 Å². The quantitative estimate of drug-likeness (QED) is 0.344. The summed E-state index contributed by atoms with van der Waals surface area (Å²) in [5.41, 5.74) is 1.20. The molecule has 0 saturated carbocycles. The van der Waals surface area contributed by atoms with E-state index in [2.05, 4.69) is 44.7 Å². The average molecular weight is 535 g/mol. The van der Waals surface area contributed by atoms with Crippen molar-refractivity contribution in [2.75, 3.05) is 46.9 Å². The maximum absolute atomic E-state index is 5.98. The Morgan fingerprint density at radius 1 is 1.29 bits per heavy atom. The van der Waals surface area contributed by atoms with E-state index in [0.717, 1.165) is 50.4 Å². The Balaban J connectivity index is 0.00000280. The van der Waals surface area contributed by atoms with Crippen LogP contribution in [-0.2, 0) is 11.3 Å². The van der Waals surface area contributed by atoms with Gasteiger partial charge in [0.1, 0.15) is 0 Å². The van der Waals surface area contributed by atoms with Gasteiger partial charge in [-0.2, -0.15) is 0 Å². The van der Waals surface area contributed by atoms with Crippen LogP contribution in [0.4, 0.5) is 0 Å². The van der Waals surface area contributed by atoms with E-state index in [1.54, 1.807) is 0 Å². The zero-order chi connectivity index (χ0) is 19.1. The summed E-state index contributed by atoms with van der Waals surface area (Å²) >= 11 is 7.79. The minimum absolute atomic E-state index is 0. The van der Waals surface area contributed by atoms with Crippen molar-refractivity contribution < 1.29 is 4.74 Å². The molecule has 1 unspecified atom stereocenters. The van der Waals surface area contributed by atoms with Gasteiger partial charge in [-0.1, -0.05) is 29.8 Å². The number of hydrogen-bond donors (Lipinski definition) is 1. The van der Waals surface area contributed by atoms with Crippen molar-refractivity contribution in [2.24, 2.45) is 4.99 Å². The fourth-order valence-electron chi connectivity index (χ4n) is 3.29. The fourth-order valence-corrected chi connectivity index (χ4v) is 4.28. The molecule has 0 bridgehead atoms. The highest BCUT2D eigenvalue weighted by Crippen LogP contribution is 2.25. The van der Waals surface area contributed by atoms with Gasteiger partial charge in [-0.25, -0.2) is 0 Å². The average Bonchev–Trinajstić information content (AvgIpc) is 3.22. The SMILES string of the molecule is CN=C(NCC(c1cccs1)N1CCOCC1)N(C)Cc1ccc(Cl)cc1.I. The van der Waals surface area contributed by atoms with Crippen molar-refractivity contribution in [3.05, 3.63) is 57.2 Å². The Kier molecular flexibility index (Phi) is 10.0. The van der Waals surface area contributed by atoms with Crippen LogP contribution in [0.2, 0.25) is 5.02 Å². The van der Waals surface area contributed by atoms with Gasteiger partial charge in [-0.05, 0) is 29.1 Å². The van der Waals surface area contributed by atoms with Crippen molar-refractivity contribution in [1.29, 1.82) is 0 Å². The van der Waals surface area contributed by atoms with Gasteiger partial charge in [0, 0.05) is 50.2 Å². The fraction of sp³-hybridized carbons (Fsp3) is 0.450. The molecule has 0 aliphatic carbocycles. The van der Waals surface area contributed by atoms with Crippen molar-refractivity contribution in [3.8, 4) is 0 Å². The highest BCUT2D eigenvalue weighted by atomic mass is 127. The molecular formula is C20H28ClIN4OS. The minimum atomic E-state index is 0. The molecule has 8 heteroatoms. The third kappa shape index (κ3) is 6.59. The van der Waals surface area contributed by atoms with Crippen molar-refractivity contribution >= 4 is 52.9 Å². The third-order valence-electron chi connectivity index (χ3n) is 4.72. The Labute approximate surface area is 193 Å². The van der Waals surface area contributed by atoms with E-state index in [4.69, 9.17) is 16.3 Å². The van der Waals surface area contributed by atoms with E-state index in [0.29, 0.717) is 6.04 Å². The molecule has 0 radical (unpaired) electrons. The van der Waals surface area contributed by atoms with E-state index in [1.807, 2.05) is 42.6 Å². The minimum Gasteiger partial charge on any atom is -0.379 e. The summed E-state index contributed by atoms with van der Waals surface area (Å²) in [6.07, 6.45) is 0. The highest BCUT2D eigenvalue weighted by molar-refractivity contribution is 14.0. The van der Waals surface area contributed by atoms with Gasteiger partial charge >= 0.3 is 0 Å². The zero-order valence-electron chi connectivity index (χ0n) is 16.3. The predicted octanol–water partition coefficient (Wildman–Crippen LogP) is 4.10. The summed E-state index contributed by atoms with van der Waals surface area (Å²) in [4.78, 5) is 10.5. The number of morpholine rings is 1.